The molecule has 0 radical (unpaired) electrons. The SMILES string of the molecule is CC[C@@H](C(=O)NC1CCCCC1)N(Cc1ccc(Cl)cc1Cl)C(=O)CN(c1ccccc1C)S(=O)(=O)c1ccc(Cl)cc1. The van der Waals surface area contributed by atoms with Crippen molar-refractivity contribution in [3.8, 4) is 0 Å². The molecule has 1 N–H and O–H groups in total. The van der Waals surface area contributed by atoms with Gasteiger partial charge in [0.1, 0.15) is 12.6 Å². The van der Waals surface area contributed by atoms with Crippen molar-refractivity contribution in [3.05, 3.63) is 92.9 Å². The van der Waals surface area contributed by atoms with Gasteiger partial charge in [0.2, 0.25) is 11.8 Å². The fourth-order valence-electron chi connectivity index (χ4n) is 5.39. The van der Waals surface area contributed by atoms with Crippen molar-refractivity contribution in [2.24, 2.45) is 0 Å². The van der Waals surface area contributed by atoms with Crippen LogP contribution in [0.15, 0.2) is 71.6 Å². The summed E-state index contributed by atoms with van der Waals surface area (Å²) in [6.45, 7) is 3.07. The van der Waals surface area contributed by atoms with Gasteiger partial charge < -0.3 is 10.2 Å². The topological polar surface area (TPSA) is 86.8 Å². The lowest BCUT2D eigenvalue weighted by molar-refractivity contribution is -0.140. The summed E-state index contributed by atoms with van der Waals surface area (Å²) in [5.41, 5.74) is 1.61. The van der Waals surface area contributed by atoms with Gasteiger partial charge in [-0.2, -0.15) is 0 Å². The first-order chi connectivity index (χ1) is 20.5. The van der Waals surface area contributed by atoms with E-state index in [1.165, 1.54) is 29.2 Å². The van der Waals surface area contributed by atoms with Gasteiger partial charge >= 0.3 is 0 Å². The first kappa shape index (κ1) is 33.1. The summed E-state index contributed by atoms with van der Waals surface area (Å²) in [6.07, 6.45) is 5.32. The van der Waals surface area contributed by atoms with Gasteiger partial charge in [-0.05, 0) is 79.8 Å². The first-order valence-electron chi connectivity index (χ1n) is 14.4. The largest absolute Gasteiger partial charge is 0.352 e. The minimum Gasteiger partial charge on any atom is -0.352 e. The highest BCUT2D eigenvalue weighted by Crippen LogP contribution is 2.29. The minimum absolute atomic E-state index is 0.00592. The zero-order valence-electron chi connectivity index (χ0n) is 24.2. The van der Waals surface area contributed by atoms with Crippen molar-refractivity contribution >= 4 is 62.3 Å². The number of hydrogen-bond donors (Lipinski definition) is 1. The molecule has 0 aliphatic heterocycles. The molecule has 1 fully saturated rings. The van der Waals surface area contributed by atoms with Crippen molar-refractivity contribution < 1.29 is 18.0 Å². The quantitative estimate of drug-likeness (QED) is 0.231. The van der Waals surface area contributed by atoms with E-state index in [4.69, 9.17) is 34.8 Å². The molecule has 1 saturated carbocycles. The highest BCUT2D eigenvalue weighted by atomic mass is 35.5. The summed E-state index contributed by atoms with van der Waals surface area (Å²) in [6, 6.07) is 16.9. The van der Waals surface area contributed by atoms with Crippen LogP contribution in [0.2, 0.25) is 15.1 Å². The van der Waals surface area contributed by atoms with Crippen LogP contribution in [0.3, 0.4) is 0 Å². The van der Waals surface area contributed by atoms with E-state index in [1.54, 1.807) is 49.4 Å². The Labute approximate surface area is 269 Å². The van der Waals surface area contributed by atoms with E-state index < -0.39 is 28.5 Å². The van der Waals surface area contributed by atoms with Crippen LogP contribution in [0, 0.1) is 6.92 Å². The average molecular weight is 665 g/mol. The van der Waals surface area contributed by atoms with Gasteiger partial charge in [0.15, 0.2) is 0 Å². The molecule has 4 rings (SSSR count). The fourth-order valence-corrected chi connectivity index (χ4v) is 7.46. The summed E-state index contributed by atoms with van der Waals surface area (Å²) >= 11 is 18.7. The second kappa shape index (κ2) is 14.8. The van der Waals surface area contributed by atoms with Gasteiger partial charge in [-0.25, -0.2) is 8.42 Å². The normalized spacial score (nSPS) is 14.6. The molecule has 3 aromatic carbocycles. The molecule has 1 atom stereocenters. The van der Waals surface area contributed by atoms with Crippen LogP contribution < -0.4 is 9.62 Å². The average Bonchev–Trinajstić information content (AvgIpc) is 2.98. The van der Waals surface area contributed by atoms with Crippen molar-refractivity contribution in [1.82, 2.24) is 10.2 Å². The van der Waals surface area contributed by atoms with Crippen LogP contribution in [0.25, 0.3) is 0 Å². The van der Waals surface area contributed by atoms with E-state index >= 15 is 0 Å². The molecular formula is C32H36Cl3N3O4S. The minimum atomic E-state index is -4.20. The number of nitrogens with zero attached hydrogens (tertiary/aromatic N) is 2. The second-order valence-electron chi connectivity index (χ2n) is 10.8. The molecule has 2 amide bonds. The van der Waals surface area contributed by atoms with Crippen LogP contribution in [-0.2, 0) is 26.2 Å². The number of hydrogen-bond acceptors (Lipinski definition) is 4. The maximum Gasteiger partial charge on any atom is 0.264 e. The predicted molar refractivity (Wildman–Crippen MR) is 173 cm³/mol. The summed E-state index contributed by atoms with van der Waals surface area (Å²) in [7, 11) is -4.20. The number of amides is 2. The molecule has 0 saturated heterocycles. The Morgan fingerprint density at radius 3 is 2.21 bits per heavy atom. The van der Waals surface area contributed by atoms with E-state index in [-0.39, 0.29) is 23.4 Å². The maximum atomic E-state index is 14.3. The molecule has 7 nitrogen and oxygen atoms in total. The highest BCUT2D eigenvalue weighted by molar-refractivity contribution is 7.92. The zero-order valence-corrected chi connectivity index (χ0v) is 27.3. The van der Waals surface area contributed by atoms with Crippen LogP contribution in [0.4, 0.5) is 5.69 Å². The van der Waals surface area contributed by atoms with E-state index in [0.29, 0.717) is 38.3 Å². The number of anilines is 1. The zero-order chi connectivity index (χ0) is 31.1. The highest BCUT2D eigenvalue weighted by Gasteiger charge is 2.35. The number of para-hydroxylation sites is 1. The summed E-state index contributed by atoms with van der Waals surface area (Å²) < 4.78 is 29.2. The Balaban J connectivity index is 1.73. The van der Waals surface area contributed by atoms with Crippen LogP contribution in [-0.4, -0.2) is 43.8 Å². The molecule has 0 aromatic heterocycles. The smallest absolute Gasteiger partial charge is 0.264 e. The second-order valence-corrected chi connectivity index (χ2v) is 13.9. The Morgan fingerprint density at radius 2 is 1.58 bits per heavy atom. The Bertz CT molecular complexity index is 1540. The molecule has 3 aromatic rings. The van der Waals surface area contributed by atoms with Crippen molar-refractivity contribution in [2.75, 3.05) is 10.8 Å². The third-order valence-corrected chi connectivity index (χ3v) is 10.4. The lowest BCUT2D eigenvalue weighted by Gasteiger charge is -2.35. The summed E-state index contributed by atoms with van der Waals surface area (Å²) in [5.74, 6) is -0.812. The number of carbonyl (C=O) groups is 2. The molecule has 0 heterocycles. The Morgan fingerprint density at radius 1 is 0.930 bits per heavy atom. The molecule has 0 spiro atoms. The van der Waals surface area contributed by atoms with Crippen molar-refractivity contribution in [1.29, 1.82) is 0 Å². The lowest BCUT2D eigenvalue weighted by atomic mass is 9.95. The number of nitrogens with one attached hydrogen (secondary N) is 1. The monoisotopic (exact) mass is 663 g/mol. The maximum absolute atomic E-state index is 14.3. The van der Waals surface area contributed by atoms with E-state index in [2.05, 4.69) is 5.32 Å². The van der Waals surface area contributed by atoms with E-state index in [0.717, 1.165) is 36.4 Å². The molecule has 1 aliphatic carbocycles. The number of carbonyl (C=O) groups excluding carboxylic acids is 2. The summed E-state index contributed by atoms with van der Waals surface area (Å²) in [5, 5.41) is 4.31. The number of benzene rings is 3. The first-order valence-corrected chi connectivity index (χ1v) is 17.0. The number of halogens is 3. The lowest BCUT2D eigenvalue weighted by Crippen LogP contribution is -2.54. The molecule has 0 unspecified atom stereocenters. The van der Waals surface area contributed by atoms with Gasteiger partial charge in [-0.15, -0.1) is 0 Å². The van der Waals surface area contributed by atoms with Gasteiger partial charge in [0, 0.05) is 27.7 Å². The van der Waals surface area contributed by atoms with Crippen molar-refractivity contribution in [2.45, 2.75) is 75.9 Å². The Hall–Kier alpha value is -2.78. The van der Waals surface area contributed by atoms with Crippen LogP contribution in [0.1, 0.15) is 56.6 Å². The number of sulfonamides is 1. The number of aryl methyl sites for hydroxylation is 1. The van der Waals surface area contributed by atoms with Gasteiger partial charge in [-0.1, -0.05) is 85.3 Å². The molecule has 1 aliphatic rings. The van der Waals surface area contributed by atoms with Crippen molar-refractivity contribution in [3.63, 3.8) is 0 Å². The number of rotatable bonds is 11. The van der Waals surface area contributed by atoms with E-state index in [9.17, 15) is 18.0 Å². The predicted octanol–water partition coefficient (Wildman–Crippen LogP) is 7.41. The van der Waals surface area contributed by atoms with E-state index in [1.807, 2.05) is 6.92 Å². The van der Waals surface area contributed by atoms with Gasteiger partial charge in [-0.3, -0.25) is 13.9 Å². The molecule has 0 bridgehead atoms. The molecular weight excluding hydrogens is 629 g/mol. The summed E-state index contributed by atoms with van der Waals surface area (Å²) in [4.78, 5) is 29.4. The standard InChI is InChI=1S/C32H36Cl3N3O4S/c1-3-29(32(40)36-26-10-5-4-6-11-26)37(20-23-13-14-25(34)19-28(23)35)31(39)21-38(30-12-8-7-9-22(30)2)43(41,42)27-17-15-24(33)16-18-27/h7-9,12-19,26,29H,3-6,10-11,20-21H2,1-2H3,(H,36,40)/t29-/m0/s1. The molecule has 43 heavy (non-hydrogen) atoms. The molecule has 11 heteroatoms. The van der Waals surface area contributed by atoms with Crippen LogP contribution in [0.5, 0.6) is 0 Å². The molecule has 230 valence electrons. The third-order valence-electron chi connectivity index (χ3n) is 7.76. The third kappa shape index (κ3) is 8.24. The fraction of sp³-hybridized carbons (Fsp3) is 0.375. The van der Waals surface area contributed by atoms with Crippen LogP contribution >= 0.6 is 34.8 Å². The van der Waals surface area contributed by atoms with Gasteiger partial charge in [0.05, 0.1) is 10.6 Å². The van der Waals surface area contributed by atoms with Gasteiger partial charge in [0.25, 0.3) is 10.0 Å². The Kier molecular flexibility index (Phi) is 11.4.